The Morgan fingerprint density at radius 3 is 2.94 bits per heavy atom. The number of carbonyl (C=O) groups is 1. The third kappa shape index (κ3) is 3.82. The van der Waals surface area contributed by atoms with E-state index in [0.717, 1.165) is 25.7 Å². The molecule has 3 unspecified atom stereocenters. The molecule has 0 aliphatic heterocycles. The van der Waals surface area contributed by atoms with E-state index in [1.165, 1.54) is 0 Å². The lowest BCUT2D eigenvalue weighted by atomic mass is 9.87. The lowest BCUT2D eigenvalue weighted by molar-refractivity contribution is -0.123. The van der Waals surface area contributed by atoms with Crippen molar-refractivity contribution in [3.05, 3.63) is 0 Å². The van der Waals surface area contributed by atoms with Gasteiger partial charge >= 0.3 is 0 Å². The largest absolute Gasteiger partial charge is 0.393 e. The van der Waals surface area contributed by atoms with Gasteiger partial charge in [-0.1, -0.05) is 13.3 Å². The molecule has 0 spiro atoms. The first-order valence-electron chi connectivity index (χ1n) is 6.02. The highest BCUT2D eigenvalue weighted by atomic mass is 16.3. The molecule has 0 radical (unpaired) electrons. The van der Waals surface area contributed by atoms with E-state index in [1.54, 1.807) is 0 Å². The Bertz CT molecular complexity index is 273. The van der Waals surface area contributed by atoms with Crippen molar-refractivity contribution in [3.63, 3.8) is 0 Å². The van der Waals surface area contributed by atoms with E-state index < -0.39 is 5.92 Å². The third-order valence-corrected chi connectivity index (χ3v) is 3.20. The second kappa shape index (κ2) is 6.49. The summed E-state index contributed by atoms with van der Waals surface area (Å²) in [4.78, 5) is 11.5. The zero-order valence-corrected chi connectivity index (χ0v) is 9.78. The Morgan fingerprint density at radius 2 is 2.38 bits per heavy atom. The Balaban J connectivity index is 2.28. The zero-order valence-electron chi connectivity index (χ0n) is 9.78. The molecule has 2 N–H and O–H groups in total. The number of carbonyl (C=O) groups excluding carboxylic acids is 1. The highest BCUT2D eigenvalue weighted by Gasteiger charge is 2.22. The van der Waals surface area contributed by atoms with Gasteiger partial charge in [-0.3, -0.25) is 4.79 Å². The van der Waals surface area contributed by atoms with Gasteiger partial charge in [0, 0.05) is 6.54 Å². The minimum atomic E-state index is -0.534. The summed E-state index contributed by atoms with van der Waals surface area (Å²) < 4.78 is 0. The summed E-state index contributed by atoms with van der Waals surface area (Å²) in [7, 11) is 0. The normalized spacial score (nSPS) is 26.8. The summed E-state index contributed by atoms with van der Waals surface area (Å²) in [6, 6.07) is 1.99. The molecule has 0 bridgehead atoms. The second-order valence-corrected chi connectivity index (χ2v) is 4.52. The van der Waals surface area contributed by atoms with Gasteiger partial charge in [-0.2, -0.15) is 5.26 Å². The molecule has 0 aromatic rings. The number of aliphatic hydroxyl groups is 1. The second-order valence-electron chi connectivity index (χ2n) is 4.52. The third-order valence-electron chi connectivity index (χ3n) is 3.20. The molecule has 0 saturated heterocycles. The number of nitrogens with one attached hydrogen (secondary N) is 1. The molecular formula is C12H20N2O2. The molecule has 1 fully saturated rings. The number of rotatable bonds is 4. The van der Waals surface area contributed by atoms with Gasteiger partial charge in [-0.15, -0.1) is 0 Å². The molecule has 0 aromatic carbocycles. The van der Waals surface area contributed by atoms with Crippen LogP contribution in [0.3, 0.4) is 0 Å². The van der Waals surface area contributed by atoms with Gasteiger partial charge < -0.3 is 10.4 Å². The van der Waals surface area contributed by atoms with Crippen LogP contribution < -0.4 is 5.32 Å². The van der Waals surface area contributed by atoms with Crippen molar-refractivity contribution >= 4 is 5.91 Å². The minimum absolute atomic E-state index is 0.176. The van der Waals surface area contributed by atoms with Crippen molar-refractivity contribution in [2.45, 2.75) is 45.1 Å². The molecule has 4 nitrogen and oxygen atoms in total. The van der Waals surface area contributed by atoms with Crippen LogP contribution in [0.25, 0.3) is 0 Å². The van der Waals surface area contributed by atoms with E-state index in [2.05, 4.69) is 5.32 Å². The lowest BCUT2D eigenvalue weighted by Crippen LogP contribution is -2.36. The first-order chi connectivity index (χ1) is 7.67. The van der Waals surface area contributed by atoms with Crippen molar-refractivity contribution < 1.29 is 9.90 Å². The molecular weight excluding hydrogens is 204 g/mol. The van der Waals surface area contributed by atoms with Crippen LogP contribution in [0.5, 0.6) is 0 Å². The van der Waals surface area contributed by atoms with Crippen molar-refractivity contribution in [2.75, 3.05) is 6.54 Å². The van der Waals surface area contributed by atoms with Crippen molar-refractivity contribution in [3.8, 4) is 6.07 Å². The number of nitriles is 1. The number of hydrogen-bond donors (Lipinski definition) is 2. The van der Waals surface area contributed by atoms with Gasteiger partial charge in [0.05, 0.1) is 12.2 Å². The topological polar surface area (TPSA) is 73.1 Å². The Morgan fingerprint density at radius 1 is 1.62 bits per heavy atom. The molecule has 1 rings (SSSR count). The first kappa shape index (κ1) is 13.0. The van der Waals surface area contributed by atoms with Crippen LogP contribution in [0.1, 0.15) is 39.0 Å². The molecule has 1 aliphatic carbocycles. The predicted molar refractivity (Wildman–Crippen MR) is 60.4 cm³/mol. The molecule has 16 heavy (non-hydrogen) atoms. The summed E-state index contributed by atoms with van der Waals surface area (Å²) in [5, 5.41) is 21.0. The maximum Gasteiger partial charge on any atom is 0.237 e. The van der Waals surface area contributed by atoms with Gasteiger partial charge in [0.2, 0.25) is 5.91 Å². The fourth-order valence-electron chi connectivity index (χ4n) is 2.15. The van der Waals surface area contributed by atoms with E-state index in [1.807, 2.05) is 13.0 Å². The van der Waals surface area contributed by atoms with Crippen LogP contribution in [-0.4, -0.2) is 23.7 Å². The van der Waals surface area contributed by atoms with Gasteiger partial charge in [-0.05, 0) is 31.6 Å². The Hall–Kier alpha value is -1.08. The van der Waals surface area contributed by atoms with Gasteiger partial charge in [0.15, 0.2) is 0 Å². The van der Waals surface area contributed by atoms with Crippen molar-refractivity contribution in [1.82, 2.24) is 5.32 Å². The van der Waals surface area contributed by atoms with Gasteiger partial charge in [0.25, 0.3) is 0 Å². The molecule has 1 saturated carbocycles. The van der Waals surface area contributed by atoms with Gasteiger partial charge in [-0.25, -0.2) is 0 Å². The van der Waals surface area contributed by atoms with Crippen LogP contribution in [0.15, 0.2) is 0 Å². The molecule has 0 heterocycles. The summed E-state index contributed by atoms with van der Waals surface area (Å²) in [5.74, 6) is -0.345. The summed E-state index contributed by atoms with van der Waals surface area (Å²) in [6.07, 6.45) is 4.06. The highest BCUT2D eigenvalue weighted by Crippen LogP contribution is 2.23. The Kier molecular flexibility index (Phi) is 5.27. The fourth-order valence-corrected chi connectivity index (χ4v) is 2.15. The van der Waals surface area contributed by atoms with E-state index in [-0.39, 0.29) is 12.0 Å². The van der Waals surface area contributed by atoms with Crippen LogP contribution >= 0.6 is 0 Å². The van der Waals surface area contributed by atoms with E-state index >= 15 is 0 Å². The van der Waals surface area contributed by atoms with Crippen molar-refractivity contribution in [2.24, 2.45) is 11.8 Å². The summed E-state index contributed by atoms with van der Waals surface area (Å²) in [5.41, 5.74) is 0. The van der Waals surface area contributed by atoms with Crippen LogP contribution in [0.2, 0.25) is 0 Å². The molecule has 90 valence electrons. The number of amides is 1. The van der Waals surface area contributed by atoms with Crippen LogP contribution in [-0.2, 0) is 4.79 Å². The van der Waals surface area contributed by atoms with Crippen molar-refractivity contribution in [1.29, 1.82) is 5.26 Å². The highest BCUT2D eigenvalue weighted by molar-refractivity contribution is 5.80. The number of aliphatic hydroxyl groups excluding tert-OH is 1. The zero-order chi connectivity index (χ0) is 12.0. The van der Waals surface area contributed by atoms with E-state index in [9.17, 15) is 9.90 Å². The number of hydrogen-bond acceptors (Lipinski definition) is 3. The number of nitrogens with zero attached hydrogens (tertiary/aromatic N) is 1. The average molecular weight is 224 g/mol. The molecule has 4 heteroatoms. The Labute approximate surface area is 96.6 Å². The molecule has 3 atom stereocenters. The van der Waals surface area contributed by atoms with E-state index in [4.69, 9.17) is 5.26 Å². The monoisotopic (exact) mass is 224 g/mol. The molecule has 0 aromatic heterocycles. The summed E-state index contributed by atoms with van der Waals surface area (Å²) in [6.45, 7) is 2.42. The van der Waals surface area contributed by atoms with Crippen LogP contribution in [0, 0.1) is 23.2 Å². The molecule has 1 aliphatic rings. The van der Waals surface area contributed by atoms with Crippen LogP contribution in [0.4, 0.5) is 0 Å². The SMILES string of the molecule is CCC(C#N)C(=O)NCC1CCCC(O)C1. The van der Waals surface area contributed by atoms with Gasteiger partial charge in [0.1, 0.15) is 5.92 Å². The standard InChI is InChI=1S/C12H20N2O2/c1-2-10(7-13)12(16)14-8-9-4-3-5-11(15)6-9/h9-11,15H,2-6,8H2,1H3,(H,14,16). The lowest BCUT2D eigenvalue weighted by Gasteiger charge is -2.26. The fraction of sp³-hybridized carbons (Fsp3) is 0.833. The predicted octanol–water partition coefficient (Wildman–Crippen LogP) is 1.20. The maximum atomic E-state index is 11.5. The summed E-state index contributed by atoms with van der Waals surface area (Å²) >= 11 is 0. The van der Waals surface area contributed by atoms with E-state index in [0.29, 0.717) is 18.9 Å². The quantitative estimate of drug-likeness (QED) is 0.753. The first-order valence-corrected chi connectivity index (χ1v) is 6.02. The maximum absolute atomic E-state index is 11.5. The average Bonchev–Trinajstić information content (AvgIpc) is 2.28. The smallest absolute Gasteiger partial charge is 0.237 e. The minimum Gasteiger partial charge on any atom is -0.393 e. The molecule has 1 amide bonds.